The molecule has 3 rings (SSSR count). The van der Waals surface area contributed by atoms with Gasteiger partial charge in [0.15, 0.2) is 0 Å². The van der Waals surface area contributed by atoms with Crippen molar-refractivity contribution in [3.63, 3.8) is 0 Å². The molecule has 202 valence electrons. The molecular weight excluding hydrogens is 498 g/mol. The highest BCUT2D eigenvalue weighted by Crippen LogP contribution is 2.25. The van der Waals surface area contributed by atoms with E-state index in [-0.39, 0.29) is 23.3 Å². The molecule has 0 fully saturated rings. The smallest absolute Gasteiger partial charge is 0.264 e. The summed E-state index contributed by atoms with van der Waals surface area (Å²) in [6, 6.07) is 22.0. The number of carbonyl (C=O) groups is 2. The van der Waals surface area contributed by atoms with Crippen molar-refractivity contribution in [3.05, 3.63) is 95.6 Å². The lowest BCUT2D eigenvalue weighted by molar-refractivity contribution is -0.139. The largest absolute Gasteiger partial charge is 0.354 e. The van der Waals surface area contributed by atoms with E-state index in [4.69, 9.17) is 0 Å². The van der Waals surface area contributed by atoms with Gasteiger partial charge in [-0.05, 0) is 62.1 Å². The molecule has 1 N–H and O–H groups in total. The number of carbonyl (C=O) groups excluding carboxylic acids is 2. The number of rotatable bonds is 11. The number of anilines is 1. The minimum Gasteiger partial charge on any atom is -0.354 e. The Morgan fingerprint density at radius 3 is 2.11 bits per heavy atom. The third-order valence-corrected chi connectivity index (χ3v) is 8.01. The highest BCUT2D eigenvalue weighted by Gasteiger charge is 2.32. The van der Waals surface area contributed by atoms with Crippen LogP contribution in [0.3, 0.4) is 0 Å². The van der Waals surface area contributed by atoms with Crippen molar-refractivity contribution < 1.29 is 18.0 Å². The molecule has 0 heterocycles. The van der Waals surface area contributed by atoms with Crippen LogP contribution in [0.5, 0.6) is 0 Å². The van der Waals surface area contributed by atoms with E-state index in [1.807, 2.05) is 58.0 Å². The maximum Gasteiger partial charge on any atom is 0.264 e. The number of benzene rings is 3. The summed E-state index contributed by atoms with van der Waals surface area (Å²) in [5.74, 6) is -0.508. The summed E-state index contributed by atoms with van der Waals surface area (Å²) < 4.78 is 28.6. The minimum atomic E-state index is -4.06. The fourth-order valence-corrected chi connectivity index (χ4v) is 5.38. The normalized spacial score (nSPS) is 12.2. The maximum atomic E-state index is 13.9. The number of amides is 2. The lowest BCUT2D eigenvalue weighted by atomic mass is 10.1. The number of sulfonamides is 1. The van der Waals surface area contributed by atoms with Gasteiger partial charge >= 0.3 is 0 Å². The third-order valence-electron chi connectivity index (χ3n) is 6.23. The Bertz CT molecular complexity index is 1340. The summed E-state index contributed by atoms with van der Waals surface area (Å²) >= 11 is 0. The molecule has 1 unspecified atom stereocenters. The zero-order chi connectivity index (χ0) is 27.9. The lowest BCUT2D eigenvalue weighted by Gasteiger charge is -2.32. The maximum absolute atomic E-state index is 13.9. The van der Waals surface area contributed by atoms with E-state index in [2.05, 4.69) is 5.32 Å². The van der Waals surface area contributed by atoms with Crippen LogP contribution in [0.1, 0.15) is 37.5 Å². The number of nitrogens with one attached hydrogen (secondary N) is 1. The topological polar surface area (TPSA) is 86.8 Å². The fraction of sp³-hybridized carbons (Fsp3) is 0.333. The van der Waals surface area contributed by atoms with Gasteiger partial charge in [0.05, 0.1) is 10.6 Å². The molecule has 1 atom stereocenters. The molecule has 0 saturated heterocycles. The van der Waals surface area contributed by atoms with Crippen LogP contribution >= 0.6 is 0 Å². The van der Waals surface area contributed by atoms with Gasteiger partial charge in [0.2, 0.25) is 11.8 Å². The second-order valence-electron chi connectivity index (χ2n) is 9.99. The molecule has 38 heavy (non-hydrogen) atoms. The summed E-state index contributed by atoms with van der Waals surface area (Å²) in [7, 11) is -4.06. The van der Waals surface area contributed by atoms with E-state index < -0.39 is 28.5 Å². The van der Waals surface area contributed by atoms with Crippen LogP contribution in [0, 0.1) is 19.8 Å². The molecule has 2 amide bonds. The summed E-state index contributed by atoms with van der Waals surface area (Å²) in [6.07, 6.45) is 0. The van der Waals surface area contributed by atoms with Gasteiger partial charge in [0, 0.05) is 13.1 Å². The molecule has 0 radical (unpaired) electrons. The Kier molecular flexibility index (Phi) is 9.69. The average Bonchev–Trinajstić information content (AvgIpc) is 2.89. The van der Waals surface area contributed by atoms with E-state index in [1.54, 1.807) is 43.3 Å². The molecule has 8 heteroatoms. The molecule has 0 aromatic heterocycles. The van der Waals surface area contributed by atoms with Gasteiger partial charge in [0.1, 0.15) is 12.6 Å². The zero-order valence-corrected chi connectivity index (χ0v) is 23.5. The van der Waals surface area contributed by atoms with Crippen LogP contribution in [-0.2, 0) is 26.2 Å². The second kappa shape index (κ2) is 12.7. The highest BCUT2D eigenvalue weighted by molar-refractivity contribution is 7.92. The number of hydrogen-bond acceptors (Lipinski definition) is 4. The van der Waals surface area contributed by atoms with Crippen LogP contribution in [0.4, 0.5) is 5.69 Å². The lowest BCUT2D eigenvalue weighted by Crippen LogP contribution is -2.51. The quantitative estimate of drug-likeness (QED) is 0.386. The van der Waals surface area contributed by atoms with Gasteiger partial charge in [-0.2, -0.15) is 0 Å². The molecule has 3 aromatic carbocycles. The summed E-state index contributed by atoms with van der Waals surface area (Å²) in [4.78, 5) is 28.4. The first-order valence-electron chi connectivity index (χ1n) is 12.8. The van der Waals surface area contributed by atoms with Gasteiger partial charge in [-0.15, -0.1) is 0 Å². The number of aryl methyl sites for hydroxylation is 2. The Morgan fingerprint density at radius 2 is 1.50 bits per heavy atom. The van der Waals surface area contributed by atoms with Crippen LogP contribution in [0.2, 0.25) is 0 Å². The highest BCUT2D eigenvalue weighted by atomic mass is 32.2. The van der Waals surface area contributed by atoms with Crippen LogP contribution in [0.15, 0.2) is 83.8 Å². The predicted molar refractivity (Wildman–Crippen MR) is 151 cm³/mol. The van der Waals surface area contributed by atoms with Crippen molar-refractivity contribution in [1.29, 1.82) is 0 Å². The molecule has 0 spiro atoms. The SMILES string of the molecule is Cc1ccc(CN(C(=O)CN(c2cccc(C)c2)S(=O)(=O)c2ccccc2)C(C)C(=O)NCC(C)C)cc1. The molecule has 0 aliphatic carbocycles. The predicted octanol–water partition coefficient (Wildman–Crippen LogP) is 4.69. The molecular formula is C30H37N3O4S. The molecule has 0 bridgehead atoms. The van der Waals surface area contributed by atoms with Gasteiger partial charge in [-0.3, -0.25) is 13.9 Å². The standard InChI is InChI=1S/C30H37N3O4S/c1-22(2)19-31-30(35)25(5)32(20-26-16-14-23(3)15-17-26)29(34)21-33(27-11-9-10-24(4)18-27)38(36,37)28-12-7-6-8-13-28/h6-18,22,25H,19-21H2,1-5H3,(H,31,35). The molecule has 3 aromatic rings. The Morgan fingerprint density at radius 1 is 0.842 bits per heavy atom. The van der Waals surface area contributed by atoms with Gasteiger partial charge in [-0.25, -0.2) is 8.42 Å². The van der Waals surface area contributed by atoms with Crippen molar-refractivity contribution in [2.24, 2.45) is 5.92 Å². The van der Waals surface area contributed by atoms with Crippen molar-refractivity contribution in [2.75, 3.05) is 17.4 Å². The van der Waals surface area contributed by atoms with Crippen LogP contribution in [0.25, 0.3) is 0 Å². The molecule has 7 nitrogen and oxygen atoms in total. The van der Waals surface area contributed by atoms with E-state index in [0.717, 1.165) is 21.0 Å². The van der Waals surface area contributed by atoms with Crippen molar-refractivity contribution in [1.82, 2.24) is 10.2 Å². The Hall–Kier alpha value is -3.65. The summed E-state index contributed by atoms with van der Waals surface area (Å²) in [5.41, 5.74) is 3.17. The number of hydrogen-bond donors (Lipinski definition) is 1. The van der Waals surface area contributed by atoms with Gasteiger partial charge < -0.3 is 10.2 Å². The van der Waals surface area contributed by atoms with E-state index in [0.29, 0.717) is 12.2 Å². The zero-order valence-electron chi connectivity index (χ0n) is 22.7. The molecule has 0 saturated carbocycles. The van der Waals surface area contributed by atoms with Gasteiger partial charge in [0.25, 0.3) is 10.0 Å². The van der Waals surface area contributed by atoms with E-state index in [9.17, 15) is 18.0 Å². The van der Waals surface area contributed by atoms with Crippen LogP contribution in [-0.4, -0.2) is 44.3 Å². The van der Waals surface area contributed by atoms with Crippen molar-refractivity contribution in [2.45, 2.75) is 52.1 Å². The van der Waals surface area contributed by atoms with Crippen molar-refractivity contribution >= 4 is 27.5 Å². The van der Waals surface area contributed by atoms with Gasteiger partial charge in [-0.1, -0.05) is 74.0 Å². The number of nitrogens with zero attached hydrogens (tertiary/aromatic N) is 2. The van der Waals surface area contributed by atoms with E-state index >= 15 is 0 Å². The average molecular weight is 536 g/mol. The molecule has 0 aliphatic heterocycles. The Labute approximate surface area is 226 Å². The third kappa shape index (κ3) is 7.44. The minimum absolute atomic E-state index is 0.0853. The first kappa shape index (κ1) is 28.9. The Balaban J connectivity index is 1.99. The monoisotopic (exact) mass is 535 g/mol. The first-order chi connectivity index (χ1) is 18.0. The fourth-order valence-electron chi connectivity index (χ4n) is 3.96. The second-order valence-corrected chi connectivity index (χ2v) is 11.8. The first-order valence-corrected chi connectivity index (χ1v) is 14.2. The summed E-state index contributed by atoms with van der Waals surface area (Å²) in [6.45, 7) is 9.70. The van der Waals surface area contributed by atoms with E-state index in [1.165, 1.54) is 17.0 Å². The van der Waals surface area contributed by atoms with Crippen LogP contribution < -0.4 is 9.62 Å². The van der Waals surface area contributed by atoms with Crippen molar-refractivity contribution in [3.8, 4) is 0 Å². The molecule has 0 aliphatic rings. The summed E-state index contributed by atoms with van der Waals surface area (Å²) in [5, 5.41) is 2.90.